The molecule has 1 fully saturated rings. The van der Waals surface area contributed by atoms with E-state index in [1.54, 1.807) is 12.3 Å². The Labute approximate surface area is 171 Å². The lowest BCUT2D eigenvalue weighted by Crippen LogP contribution is -2.47. The fourth-order valence-electron chi connectivity index (χ4n) is 3.61. The Morgan fingerprint density at radius 2 is 1.72 bits per heavy atom. The van der Waals surface area contributed by atoms with E-state index in [9.17, 15) is 0 Å². The minimum absolute atomic E-state index is 0.617. The van der Waals surface area contributed by atoms with Gasteiger partial charge in [-0.1, -0.05) is 18.2 Å². The van der Waals surface area contributed by atoms with Crippen molar-refractivity contribution in [3.05, 3.63) is 71.4 Å². The van der Waals surface area contributed by atoms with Crippen LogP contribution in [0.2, 0.25) is 0 Å². The highest BCUT2D eigenvalue weighted by atomic mass is 15.3. The lowest BCUT2D eigenvalue weighted by Gasteiger charge is -2.37. The van der Waals surface area contributed by atoms with Gasteiger partial charge in [-0.05, 0) is 55.3 Å². The highest BCUT2D eigenvalue weighted by Gasteiger charge is 2.20. The molecule has 0 atom stereocenters. The van der Waals surface area contributed by atoms with Gasteiger partial charge in [0, 0.05) is 43.8 Å². The Bertz CT molecular complexity index is 1050. The largest absolute Gasteiger partial charge is 0.368 e. The molecule has 0 radical (unpaired) electrons. The molecule has 1 aliphatic heterocycles. The zero-order valence-electron chi connectivity index (χ0n) is 16.8. The third-order valence-electron chi connectivity index (χ3n) is 5.39. The van der Waals surface area contributed by atoms with Crippen LogP contribution in [0.3, 0.4) is 0 Å². The second-order valence-corrected chi connectivity index (χ2v) is 7.25. The fourth-order valence-corrected chi connectivity index (χ4v) is 3.61. The van der Waals surface area contributed by atoms with Crippen molar-refractivity contribution in [3.8, 4) is 6.07 Å². The number of piperazine rings is 1. The average molecular weight is 384 g/mol. The predicted molar refractivity (Wildman–Crippen MR) is 117 cm³/mol. The van der Waals surface area contributed by atoms with E-state index in [-0.39, 0.29) is 0 Å². The standard InChI is InChI=1S/C23H24N6/c1-17-5-3-8-21(18(17)2)28-11-13-29(14-12-28)23-25-10-9-22(27-23)26-20-7-4-6-19(15-20)16-24/h3-10,15H,11-14H2,1-2H3,(H,25,26,27). The summed E-state index contributed by atoms with van der Waals surface area (Å²) in [4.78, 5) is 13.8. The van der Waals surface area contributed by atoms with Crippen LogP contribution in [0.1, 0.15) is 16.7 Å². The Morgan fingerprint density at radius 3 is 2.52 bits per heavy atom. The number of aromatic nitrogens is 2. The maximum Gasteiger partial charge on any atom is 0.227 e. The normalized spacial score (nSPS) is 13.8. The van der Waals surface area contributed by atoms with Gasteiger partial charge in [0.1, 0.15) is 5.82 Å². The van der Waals surface area contributed by atoms with E-state index >= 15 is 0 Å². The summed E-state index contributed by atoms with van der Waals surface area (Å²) in [5.41, 5.74) is 5.45. The summed E-state index contributed by atoms with van der Waals surface area (Å²) < 4.78 is 0. The van der Waals surface area contributed by atoms with E-state index in [4.69, 9.17) is 5.26 Å². The Kier molecular flexibility index (Phi) is 5.30. The van der Waals surface area contributed by atoms with Gasteiger partial charge in [0.25, 0.3) is 0 Å². The highest BCUT2D eigenvalue weighted by molar-refractivity contribution is 5.60. The van der Waals surface area contributed by atoms with Crippen molar-refractivity contribution in [1.82, 2.24) is 9.97 Å². The molecule has 1 aliphatic rings. The van der Waals surface area contributed by atoms with Gasteiger partial charge in [-0.2, -0.15) is 10.2 Å². The summed E-state index contributed by atoms with van der Waals surface area (Å²) in [6, 6.07) is 17.9. The minimum Gasteiger partial charge on any atom is -0.368 e. The second kappa shape index (κ2) is 8.19. The highest BCUT2D eigenvalue weighted by Crippen LogP contribution is 2.25. The molecular weight excluding hydrogens is 360 g/mol. The average Bonchev–Trinajstić information content (AvgIpc) is 2.76. The van der Waals surface area contributed by atoms with Crippen LogP contribution in [0.4, 0.5) is 23.1 Å². The number of nitrogens with one attached hydrogen (secondary N) is 1. The van der Waals surface area contributed by atoms with E-state index in [2.05, 4.69) is 63.2 Å². The second-order valence-electron chi connectivity index (χ2n) is 7.25. The molecule has 0 spiro atoms. The molecule has 0 amide bonds. The van der Waals surface area contributed by atoms with Crippen LogP contribution in [0.25, 0.3) is 0 Å². The molecule has 0 unspecified atom stereocenters. The van der Waals surface area contributed by atoms with Gasteiger partial charge in [-0.3, -0.25) is 0 Å². The molecule has 4 rings (SSSR count). The topological polar surface area (TPSA) is 68.1 Å². The number of aryl methyl sites for hydroxylation is 1. The molecule has 0 aliphatic carbocycles. The number of benzene rings is 2. The van der Waals surface area contributed by atoms with E-state index in [1.165, 1.54) is 16.8 Å². The molecule has 1 saturated heterocycles. The summed E-state index contributed by atoms with van der Waals surface area (Å²) in [6.07, 6.45) is 1.77. The van der Waals surface area contributed by atoms with Crippen LogP contribution >= 0.6 is 0 Å². The van der Waals surface area contributed by atoms with Crippen LogP contribution in [0.15, 0.2) is 54.7 Å². The van der Waals surface area contributed by atoms with Crippen LogP contribution in [0.5, 0.6) is 0 Å². The number of hydrogen-bond donors (Lipinski definition) is 1. The van der Waals surface area contributed by atoms with Gasteiger partial charge < -0.3 is 15.1 Å². The zero-order chi connectivity index (χ0) is 20.2. The first kappa shape index (κ1) is 18.8. The quantitative estimate of drug-likeness (QED) is 0.732. The first-order chi connectivity index (χ1) is 14.1. The van der Waals surface area contributed by atoms with E-state index in [1.807, 2.05) is 24.3 Å². The predicted octanol–water partition coefficient (Wildman–Crippen LogP) is 4.04. The first-order valence-corrected chi connectivity index (χ1v) is 9.80. The van der Waals surface area contributed by atoms with Gasteiger partial charge in [0.05, 0.1) is 11.6 Å². The molecule has 1 aromatic heterocycles. The van der Waals surface area contributed by atoms with E-state index in [0.29, 0.717) is 5.56 Å². The Balaban J connectivity index is 1.44. The molecule has 2 aromatic carbocycles. The number of rotatable bonds is 4. The molecule has 6 heteroatoms. The molecule has 0 saturated carbocycles. The molecule has 1 N–H and O–H groups in total. The number of nitrogens with zero attached hydrogens (tertiary/aromatic N) is 5. The monoisotopic (exact) mass is 384 g/mol. The molecule has 146 valence electrons. The van der Waals surface area contributed by atoms with Crippen LogP contribution in [-0.2, 0) is 0 Å². The summed E-state index contributed by atoms with van der Waals surface area (Å²) in [6.45, 7) is 7.98. The van der Waals surface area contributed by atoms with Crippen molar-refractivity contribution < 1.29 is 0 Å². The van der Waals surface area contributed by atoms with Crippen LogP contribution in [0, 0.1) is 25.2 Å². The van der Waals surface area contributed by atoms with Crippen molar-refractivity contribution in [2.75, 3.05) is 41.3 Å². The van der Waals surface area contributed by atoms with Crippen molar-refractivity contribution in [3.63, 3.8) is 0 Å². The van der Waals surface area contributed by atoms with Gasteiger partial charge in [-0.15, -0.1) is 0 Å². The zero-order valence-corrected chi connectivity index (χ0v) is 16.8. The molecular formula is C23H24N6. The van der Waals surface area contributed by atoms with E-state index in [0.717, 1.165) is 43.6 Å². The van der Waals surface area contributed by atoms with Crippen molar-refractivity contribution in [2.45, 2.75) is 13.8 Å². The summed E-state index contributed by atoms with van der Waals surface area (Å²) in [5, 5.41) is 12.3. The van der Waals surface area contributed by atoms with Crippen molar-refractivity contribution >= 4 is 23.1 Å². The van der Waals surface area contributed by atoms with Gasteiger partial charge in [0.15, 0.2) is 0 Å². The molecule has 6 nitrogen and oxygen atoms in total. The lowest BCUT2D eigenvalue weighted by molar-refractivity contribution is 0.639. The van der Waals surface area contributed by atoms with Gasteiger partial charge in [0.2, 0.25) is 5.95 Å². The maximum atomic E-state index is 9.06. The van der Waals surface area contributed by atoms with Gasteiger partial charge in [-0.25, -0.2) is 4.98 Å². The fraction of sp³-hybridized carbons (Fsp3) is 0.261. The maximum absolute atomic E-state index is 9.06. The molecule has 0 bridgehead atoms. The Hall–Kier alpha value is -3.59. The van der Waals surface area contributed by atoms with E-state index < -0.39 is 0 Å². The molecule has 3 aromatic rings. The smallest absolute Gasteiger partial charge is 0.227 e. The van der Waals surface area contributed by atoms with Gasteiger partial charge >= 0.3 is 0 Å². The van der Waals surface area contributed by atoms with Crippen molar-refractivity contribution in [1.29, 1.82) is 5.26 Å². The number of nitriles is 1. The number of hydrogen-bond acceptors (Lipinski definition) is 6. The third kappa shape index (κ3) is 4.14. The first-order valence-electron chi connectivity index (χ1n) is 9.80. The van der Waals surface area contributed by atoms with Crippen molar-refractivity contribution in [2.24, 2.45) is 0 Å². The number of anilines is 4. The summed E-state index contributed by atoms with van der Waals surface area (Å²) in [7, 11) is 0. The Morgan fingerprint density at radius 1 is 0.966 bits per heavy atom. The molecule has 2 heterocycles. The molecule has 29 heavy (non-hydrogen) atoms. The van der Waals surface area contributed by atoms with Crippen LogP contribution < -0.4 is 15.1 Å². The minimum atomic E-state index is 0.617. The summed E-state index contributed by atoms with van der Waals surface area (Å²) in [5.74, 6) is 1.45. The van der Waals surface area contributed by atoms with Crippen LogP contribution in [-0.4, -0.2) is 36.1 Å². The lowest BCUT2D eigenvalue weighted by atomic mass is 10.1. The SMILES string of the molecule is Cc1cccc(N2CCN(c3nccc(Nc4cccc(C#N)c4)n3)CC2)c1C. The third-order valence-corrected chi connectivity index (χ3v) is 5.39. The summed E-state index contributed by atoms with van der Waals surface area (Å²) >= 11 is 0.